The van der Waals surface area contributed by atoms with Crippen molar-refractivity contribution in [1.29, 1.82) is 0 Å². The number of nitrogens with one attached hydrogen (secondary N) is 1. The molecule has 1 heterocycles. The number of imide groups is 1. The van der Waals surface area contributed by atoms with Gasteiger partial charge in [-0.1, -0.05) is 42.5 Å². The van der Waals surface area contributed by atoms with Crippen molar-refractivity contribution in [2.45, 2.75) is 11.4 Å². The minimum Gasteiger partial charge on any atom is -0.351 e. The van der Waals surface area contributed by atoms with Gasteiger partial charge in [-0.3, -0.25) is 19.3 Å². The van der Waals surface area contributed by atoms with Gasteiger partial charge in [0.15, 0.2) is 0 Å². The highest BCUT2D eigenvalue weighted by Gasteiger charge is 2.34. The molecule has 0 aromatic heterocycles. The molecule has 150 valence electrons. The molecule has 3 aromatic carbocycles. The zero-order chi connectivity index (χ0) is 20.9. The lowest BCUT2D eigenvalue weighted by molar-refractivity contribution is 0.0642. The number of amides is 3. The quantitative estimate of drug-likeness (QED) is 0.359. The molecule has 1 aliphatic heterocycles. The van der Waals surface area contributed by atoms with E-state index in [2.05, 4.69) is 5.32 Å². The van der Waals surface area contributed by atoms with Gasteiger partial charge >= 0.3 is 0 Å². The molecule has 1 aliphatic rings. The topological polar surface area (TPSA) is 66.5 Å². The lowest BCUT2D eigenvalue weighted by Gasteiger charge is -2.14. The molecule has 0 atom stereocenters. The van der Waals surface area contributed by atoms with E-state index in [-0.39, 0.29) is 24.3 Å². The number of fused-ring (bicyclic) bond motifs is 1. The van der Waals surface area contributed by atoms with Crippen LogP contribution in [0, 0.1) is 0 Å². The van der Waals surface area contributed by atoms with E-state index in [1.165, 1.54) is 4.90 Å². The molecule has 6 heteroatoms. The maximum absolute atomic E-state index is 12.5. The Morgan fingerprint density at radius 2 is 1.50 bits per heavy atom. The maximum Gasteiger partial charge on any atom is 0.261 e. The number of hydrogen-bond acceptors (Lipinski definition) is 4. The fourth-order valence-electron chi connectivity index (χ4n) is 3.33. The van der Waals surface area contributed by atoms with Crippen LogP contribution >= 0.6 is 11.8 Å². The van der Waals surface area contributed by atoms with Crippen LogP contribution in [0.25, 0.3) is 0 Å². The molecule has 0 fully saturated rings. The summed E-state index contributed by atoms with van der Waals surface area (Å²) >= 11 is 1.68. The van der Waals surface area contributed by atoms with Crippen LogP contribution in [0.4, 0.5) is 0 Å². The zero-order valence-electron chi connectivity index (χ0n) is 16.2. The summed E-state index contributed by atoms with van der Waals surface area (Å²) in [5.74, 6) is -0.00976. The summed E-state index contributed by atoms with van der Waals surface area (Å²) < 4.78 is 0. The number of benzene rings is 3. The zero-order valence-corrected chi connectivity index (χ0v) is 17.0. The molecule has 1 N–H and O–H groups in total. The molecule has 0 unspecified atom stereocenters. The maximum atomic E-state index is 12.5. The van der Waals surface area contributed by atoms with Crippen LogP contribution in [0.5, 0.6) is 0 Å². The Morgan fingerprint density at radius 1 is 0.833 bits per heavy atom. The first-order valence-corrected chi connectivity index (χ1v) is 10.6. The molecule has 0 spiro atoms. The molecule has 4 rings (SSSR count). The highest BCUT2D eigenvalue weighted by Crippen LogP contribution is 2.24. The van der Waals surface area contributed by atoms with E-state index < -0.39 is 0 Å². The molecule has 3 amide bonds. The van der Waals surface area contributed by atoms with E-state index >= 15 is 0 Å². The van der Waals surface area contributed by atoms with Crippen molar-refractivity contribution in [2.75, 3.05) is 12.3 Å². The van der Waals surface area contributed by atoms with Crippen molar-refractivity contribution in [1.82, 2.24) is 10.2 Å². The summed E-state index contributed by atoms with van der Waals surface area (Å²) in [5, 5.41) is 2.91. The molecule has 5 nitrogen and oxygen atoms in total. The lowest BCUT2D eigenvalue weighted by atomic mass is 10.1. The predicted molar refractivity (Wildman–Crippen MR) is 117 cm³/mol. The Hall–Kier alpha value is -3.38. The molecule has 0 aliphatic carbocycles. The fourth-order valence-corrected chi connectivity index (χ4v) is 4.12. The molecule has 0 saturated carbocycles. The SMILES string of the molecule is O=C(NCCSc1ccccc1)c1cccc(CN2C(=O)c3ccccc3C2=O)c1. The van der Waals surface area contributed by atoms with Crippen LogP contribution in [-0.2, 0) is 6.54 Å². The van der Waals surface area contributed by atoms with Crippen molar-refractivity contribution in [3.8, 4) is 0 Å². The summed E-state index contributed by atoms with van der Waals surface area (Å²) in [6.45, 7) is 0.679. The summed E-state index contributed by atoms with van der Waals surface area (Å²) in [7, 11) is 0. The number of nitrogens with zero attached hydrogens (tertiary/aromatic N) is 1. The van der Waals surface area contributed by atoms with E-state index in [1.54, 1.807) is 54.2 Å². The highest BCUT2D eigenvalue weighted by molar-refractivity contribution is 7.99. The van der Waals surface area contributed by atoms with E-state index in [0.29, 0.717) is 23.2 Å². The summed E-state index contributed by atoms with van der Waals surface area (Å²) in [4.78, 5) is 40.0. The number of rotatable bonds is 7. The third-order valence-electron chi connectivity index (χ3n) is 4.81. The monoisotopic (exact) mass is 416 g/mol. The van der Waals surface area contributed by atoms with Gasteiger partial charge < -0.3 is 5.32 Å². The normalized spacial score (nSPS) is 12.7. The number of hydrogen-bond donors (Lipinski definition) is 1. The smallest absolute Gasteiger partial charge is 0.261 e. The Kier molecular flexibility index (Phi) is 5.95. The van der Waals surface area contributed by atoms with Gasteiger partial charge in [-0.05, 0) is 42.0 Å². The van der Waals surface area contributed by atoms with Crippen molar-refractivity contribution < 1.29 is 14.4 Å². The van der Waals surface area contributed by atoms with E-state index in [1.807, 2.05) is 36.4 Å². The molecular weight excluding hydrogens is 396 g/mol. The largest absolute Gasteiger partial charge is 0.351 e. The van der Waals surface area contributed by atoms with Crippen LogP contribution in [0.1, 0.15) is 36.6 Å². The van der Waals surface area contributed by atoms with Gasteiger partial charge in [0, 0.05) is 22.8 Å². The Labute approximate surface area is 179 Å². The first kappa shape index (κ1) is 19.9. The average molecular weight is 417 g/mol. The summed E-state index contributed by atoms with van der Waals surface area (Å²) in [6, 6.07) is 23.9. The van der Waals surface area contributed by atoms with Crippen LogP contribution in [-0.4, -0.2) is 34.9 Å². The third kappa shape index (κ3) is 4.28. The Balaban J connectivity index is 1.35. The Bertz CT molecular complexity index is 1060. The van der Waals surface area contributed by atoms with Crippen LogP contribution in [0.2, 0.25) is 0 Å². The highest BCUT2D eigenvalue weighted by atomic mass is 32.2. The molecular formula is C24H20N2O3S. The minimum absolute atomic E-state index is 0.136. The summed E-state index contributed by atoms with van der Waals surface area (Å²) in [5.41, 5.74) is 2.09. The molecule has 3 aromatic rings. The Morgan fingerprint density at radius 3 is 2.20 bits per heavy atom. The standard InChI is InChI=1S/C24H20N2O3S/c27-22(25-13-14-30-19-9-2-1-3-10-19)18-8-6-7-17(15-18)16-26-23(28)20-11-4-5-12-21(20)24(26)29/h1-12,15H,13-14,16H2,(H,25,27). The first-order valence-electron chi connectivity index (χ1n) is 9.64. The predicted octanol–water partition coefficient (Wildman–Crippen LogP) is 4.00. The number of carbonyl (C=O) groups is 3. The van der Waals surface area contributed by atoms with Crippen molar-refractivity contribution in [3.05, 3.63) is 101 Å². The second-order valence-electron chi connectivity index (χ2n) is 6.86. The third-order valence-corrected chi connectivity index (χ3v) is 5.82. The van der Waals surface area contributed by atoms with Crippen LogP contribution < -0.4 is 5.32 Å². The number of thioether (sulfide) groups is 1. The van der Waals surface area contributed by atoms with Gasteiger partial charge in [0.2, 0.25) is 0 Å². The molecule has 0 bridgehead atoms. The molecule has 0 saturated heterocycles. The second kappa shape index (κ2) is 8.97. The van der Waals surface area contributed by atoms with Gasteiger partial charge in [0.05, 0.1) is 17.7 Å². The fraction of sp³-hybridized carbons (Fsp3) is 0.125. The van der Waals surface area contributed by atoms with E-state index in [0.717, 1.165) is 16.2 Å². The van der Waals surface area contributed by atoms with Gasteiger partial charge in [0.1, 0.15) is 0 Å². The van der Waals surface area contributed by atoms with Crippen LogP contribution in [0.15, 0.2) is 83.8 Å². The second-order valence-corrected chi connectivity index (χ2v) is 8.03. The average Bonchev–Trinajstić information content (AvgIpc) is 3.02. The first-order chi connectivity index (χ1) is 14.6. The van der Waals surface area contributed by atoms with E-state index in [4.69, 9.17) is 0 Å². The van der Waals surface area contributed by atoms with Crippen molar-refractivity contribution >= 4 is 29.5 Å². The van der Waals surface area contributed by atoms with Gasteiger partial charge in [-0.2, -0.15) is 0 Å². The number of carbonyl (C=O) groups excluding carboxylic acids is 3. The van der Waals surface area contributed by atoms with Gasteiger partial charge in [-0.15, -0.1) is 11.8 Å². The molecule has 0 radical (unpaired) electrons. The van der Waals surface area contributed by atoms with Gasteiger partial charge in [0.25, 0.3) is 17.7 Å². The summed E-state index contributed by atoms with van der Waals surface area (Å²) in [6.07, 6.45) is 0. The minimum atomic E-state index is -0.302. The van der Waals surface area contributed by atoms with Crippen LogP contribution in [0.3, 0.4) is 0 Å². The molecule has 30 heavy (non-hydrogen) atoms. The van der Waals surface area contributed by atoms with Crippen molar-refractivity contribution in [2.24, 2.45) is 0 Å². The van der Waals surface area contributed by atoms with Gasteiger partial charge in [-0.25, -0.2) is 0 Å². The van der Waals surface area contributed by atoms with Crippen molar-refractivity contribution in [3.63, 3.8) is 0 Å². The van der Waals surface area contributed by atoms with E-state index in [9.17, 15) is 14.4 Å². The lowest BCUT2D eigenvalue weighted by Crippen LogP contribution is -2.29.